The Morgan fingerprint density at radius 1 is 1.19 bits per heavy atom. The summed E-state index contributed by atoms with van der Waals surface area (Å²) in [5, 5.41) is 1.78. The van der Waals surface area contributed by atoms with E-state index in [4.69, 9.17) is 9.47 Å². The molecule has 2 aromatic carbocycles. The van der Waals surface area contributed by atoms with E-state index in [1.54, 1.807) is 30.3 Å². The fraction of sp³-hybridized carbons (Fsp3) is 0.227. The lowest BCUT2D eigenvalue weighted by molar-refractivity contribution is -0.127. The number of nitrogens with zero attached hydrogens (tertiary/aromatic N) is 1. The number of rotatable bonds is 7. The molecule has 1 aliphatic heterocycles. The van der Waals surface area contributed by atoms with Gasteiger partial charge in [0.2, 0.25) is 5.91 Å². The molecule has 3 amide bonds. The van der Waals surface area contributed by atoms with Gasteiger partial charge in [0.25, 0.3) is 11.1 Å². The Balaban J connectivity index is 1.73. The number of ether oxygens (including phenoxy) is 2. The Bertz CT molecular complexity index is 1050. The maximum atomic E-state index is 13.7. The van der Waals surface area contributed by atoms with Crippen molar-refractivity contribution in [2.45, 2.75) is 20.0 Å². The molecule has 0 bridgehead atoms. The van der Waals surface area contributed by atoms with E-state index in [1.165, 1.54) is 25.3 Å². The van der Waals surface area contributed by atoms with Gasteiger partial charge in [0.15, 0.2) is 11.5 Å². The van der Waals surface area contributed by atoms with Crippen molar-refractivity contribution in [1.82, 2.24) is 4.90 Å². The quantitative estimate of drug-likeness (QED) is 0.641. The lowest BCUT2D eigenvalue weighted by Crippen LogP contribution is -2.36. The van der Waals surface area contributed by atoms with E-state index in [2.05, 4.69) is 5.32 Å². The summed E-state index contributed by atoms with van der Waals surface area (Å²) in [5.41, 5.74) is 0.611. The van der Waals surface area contributed by atoms with Crippen LogP contribution in [-0.2, 0) is 9.59 Å². The molecule has 162 valence electrons. The second-order valence-electron chi connectivity index (χ2n) is 6.87. The molecule has 0 radical (unpaired) electrons. The number of halogens is 1. The molecule has 1 heterocycles. The third-order valence-corrected chi connectivity index (χ3v) is 5.08. The van der Waals surface area contributed by atoms with Gasteiger partial charge in [-0.1, -0.05) is 18.2 Å². The summed E-state index contributed by atoms with van der Waals surface area (Å²) in [6, 6.07) is 10.8. The topological polar surface area (TPSA) is 84.9 Å². The highest BCUT2D eigenvalue weighted by molar-refractivity contribution is 8.18. The van der Waals surface area contributed by atoms with Crippen molar-refractivity contribution in [3.63, 3.8) is 0 Å². The number of hydrogen-bond acceptors (Lipinski definition) is 6. The van der Waals surface area contributed by atoms with Crippen LogP contribution in [0.25, 0.3) is 6.08 Å². The van der Waals surface area contributed by atoms with Gasteiger partial charge in [0.05, 0.1) is 23.8 Å². The molecule has 1 fully saturated rings. The van der Waals surface area contributed by atoms with Crippen molar-refractivity contribution < 1.29 is 28.2 Å². The summed E-state index contributed by atoms with van der Waals surface area (Å²) < 4.78 is 24.7. The number of para-hydroxylation sites is 1. The zero-order chi connectivity index (χ0) is 22.5. The van der Waals surface area contributed by atoms with Crippen LogP contribution in [0.1, 0.15) is 19.4 Å². The summed E-state index contributed by atoms with van der Waals surface area (Å²) in [6.45, 7) is 3.28. The van der Waals surface area contributed by atoms with E-state index in [0.717, 1.165) is 16.7 Å². The van der Waals surface area contributed by atoms with Gasteiger partial charge in [-0.05, 0) is 61.5 Å². The molecule has 0 aliphatic carbocycles. The van der Waals surface area contributed by atoms with E-state index < -0.39 is 29.4 Å². The van der Waals surface area contributed by atoms with Crippen molar-refractivity contribution >= 4 is 40.6 Å². The summed E-state index contributed by atoms with van der Waals surface area (Å²) >= 11 is 0.729. The summed E-state index contributed by atoms with van der Waals surface area (Å²) in [5.74, 6) is -0.826. The predicted octanol–water partition coefficient (Wildman–Crippen LogP) is 4.30. The first-order chi connectivity index (χ1) is 14.8. The Labute approximate surface area is 183 Å². The van der Waals surface area contributed by atoms with Gasteiger partial charge in [-0.15, -0.1) is 0 Å². The van der Waals surface area contributed by atoms with Gasteiger partial charge in [-0.3, -0.25) is 19.3 Å². The standard InChI is InChI=1S/C22H21FN2O5S/c1-13(2)30-17-9-8-14(10-18(17)29-3)11-19-21(27)25(22(28)31-19)12-20(26)24-16-7-5-4-6-15(16)23/h4-11,13H,12H2,1-3H3,(H,24,26)/b19-11-. The first-order valence-corrected chi connectivity index (χ1v) is 10.2. The number of methoxy groups -OCH3 is 1. The van der Waals surface area contributed by atoms with Crippen LogP contribution in [0.15, 0.2) is 47.4 Å². The van der Waals surface area contributed by atoms with Crippen LogP contribution in [-0.4, -0.2) is 41.7 Å². The van der Waals surface area contributed by atoms with Crippen LogP contribution < -0.4 is 14.8 Å². The Kier molecular flexibility index (Phi) is 6.96. The van der Waals surface area contributed by atoms with E-state index in [0.29, 0.717) is 17.1 Å². The van der Waals surface area contributed by atoms with Crippen molar-refractivity contribution in [3.8, 4) is 11.5 Å². The van der Waals surface area contributed by atoms with Crippen LogP contribution >= 0.6 is 11.8 Å². The Hall–Kier alpha value is -3.33. The molecular formula is C22H21FN2O5S. The molecular weight excluding hydrogens is 423 g/mol. The SMILES string of the molecule is COc1cc(/C=C2\SC(=O)N(CC(=O)Nc3ccccc3F)C2=O)ccc1OC(C)C. The minimum atomic E-state index is -0.675. The minimum absolute atomic E-state index is 0.0224. The third kappa shape index (κ3) is 5.43. The number of amides is 3. The molecule has 1 N–H and O–H groups in total. The van der Waals surface area contributed by atoms with E-state index in [9.17, 15) is 18.8 Å². The van der Waals surface area contributed by atoms with E-state index >= 15 is 0 Å². The predicted molar refractivity (Wildman–Crippen MR) is 116 cm³/mol. The van der Waals surface area contributed by atoms with Crippen molar-refractivity contribution in [2.75, 3.05) is 19.0 Å². The molecule has 7 nitrogen and oxygen atoms in total. The molecule has 0 spiro atoms. The second-order valence-corrected chi connectivity index (χ2v) is 7.87. The number of imide groups is 1. The monoisotopic (exact) mass is 444 g/mol. The number of nitrogens with one attached hydrogen (secondary N) is 1. The van der Waals surface area contributed by atoms with Gasteiger partial charge in [-0.25, -0.2) is 4.39 Å². The Morgan fingerprint density at radius 2 is 1.94 bits per heavy atom. The molecule has 9 heteroatoms. The lowest BCUT2D eigenvalue weighted by atomic mass is 10.2. The Morgan fingerprint density at radius 3 is 2.61 bits per heavy atom. The van der Waals surface area contributed by atoms with Crippen molar-refractivity contribution in [1.29, 1.82) is 0 Å². The molecule has 0 saturated carbocycles. The molecule has 0 unspecified atom stereocenters. The summed E-state index contributed by atoms with van der Waals surface area (Å²) in [7, 11) is 1.51. The van der Waals surface area contributed by atoms with Gasteiger partial charge in [0, 0.05) is 0 Å². The first kappa shape index (κ1) is 22.4. The highest BCUT2D eigenvalue weighted by Crippen LogP contribution is 2.34. The van der Waals surface area contributed by atoms with Crippen LogP contribution in [0.5, 0.6) is 11.5 Å². The number of carbonyl (C=O) groups excluding carboxylic acids is 3. The van der Waals surface area contributed by atoms with Crippen molar-refractivity contribution in [2.24, 2.45) is 0 Å². The fourth-order valence-corrected chi connectivity index (χ4v) is 3.65. The normalized spacial score (nSPS) is 15.0. The minimum Gasteiger partial charge on any atom is -0.493 e. The fourth-order valence-electron chi connectivity index (χ4n) is 2.81. The van der Waals surface area contributed by atoms with Crippen LogP contribution in [0.4, 0.5) is 14.9 Å². The van der Waals surface area contributed by atoms with Crippen LogP contribution in [0, 0.1) is 5.82 Å². The average Bonchev–Trinajstić information content (AvgIpc) is 2.97. The number of anilines is 1. The summed E-state index contributed by atoms with van der Waals surface area (Å²) in [4.78, 5) is 38.1. The molecule has 1 saturated heterocycles. The maximum Gasteiger partial charge on any atom is 0.294 e. The van der Waals surface area contributed by atoms with Crippen LogP contribution in [0.2, 0.25) is 0 Å². The smallest absolute Gasteiger partial charge is 0.294 e. The van der Waals surface area contributed by atoms with Gasteiger partial charge in [-0.2, -0.15) is 0 Å². The first-order valence-electron chi connectivity index (χ1n) is 9.43. The maximum absolute atomic E-state index is 13.7. The largest absolute Gasteiger partial charge is 0.493 e. The molecule has 0 aromatic heterocycles. The number of hydrogen-bond donors (Lipinski definition) is 1. The zero-order valence-corrected chi connectivity index (χ0v) is 18.0. The highest BCUT2D eigenvalue weighted by Gasteiger charge is 2.36. The molecule has 31 heavy (non-hydrogen) atoms. The molecule has 2 aromatic rings. The van der Waals surface area contributed by atoms with Gasteiger partial charge >= 0.3 is 0 Å². The molecule has 1 aliphatic rings. The second kappa shape index (κ2) is 9.65. The number of benzene rings is 2. The van der Waals surface area contributed by atoms with Gasteiger partial charge in [0.1, 0.15) is 12.4 Å². The van der Waals surface area contributed by atoms with Gasteiger partial charge < -0.3 is 14.8 Å². The van der Waals surface area contributed by atoms with Crippen LogP contribution in [0.3, 0.4) is 0 Å². The molecule has 3 rings (SSSR count). The highest BCUT2D eigenvalue weighted by atomic mass is 32.2. The summed E-state index contributed by atoms with van der Waals surface area (Å²) in [6.07, 6.45) is 1.51. The molecule has 0 atom stereocenters. The number of carbonyl (C=O) groups is 3. The zero-order valence-electron chi connectivity index (χ0n) is 17.2. The van der Waals surface area contributed by atoms with E-state index in [1.807, 2.05) is 13.8 Å². The third-order valence-electron chi connectivity index (χ3n) is 4.17. The number of thioether (sulfide) groups is 1. The average molecular weight is 444 g/mol. The lowest BCUT2D eigenvalue weighted by Gasteiger charge is -2.14. The van der Waals surface area contributed by atoms with E-state index in [-0.39, 0.29) is 16.7 Å². The van der Waals surface area contributed by atoms with Crippen molar-refractivity contribution in [3.05, 3.63) is 58.8 Å².